The van der Waals surface area contributed by atoms with Gasteiger partial charge >= 0.3 is 16.4 Å². The molecule has 1 aliphatic rings. The first-order valence-electron chi connectivity index (χ1n) is 13.6. The molecule has 252 valence electrons. The van der Waals surface area contributed by atoms with E-state index in [2.05, 4.69) is 24.7 Å². The zero-order valence-corrected chi connectivity index (χ0v) is 26.5. The number of β-lactam (4-membered cyclic amide) rings is 1. The lowest BCUT2D eigenvalue weighted by Crippen LogP contribution is -2.76. The molecule has 0 radical (unpaired) electrons. The van der Waals surface area contributed by atoms with Crippen LogP contribution in [0.25, 0.3) is 0 Å². The first kappa shape index (κ1) is 34.9. The van der Waals surface area contributed by atoms with E-state index in [4.69, 9.17) is 30.3 Å². The van der Waals surface area contributed by atoms with E-state index in [1.165, 1.54) is 37.6 Å². The van der Waals surface area contributed by atoms with Gasteiger partial charge in [0.2, 0.25) is 5.88 Å². The second kappa shape index (κ2) is 14.6. The number of amides is 2. The standard InChI is InChI=1S/C26H30N8O11S2/c1-26(2)21(23(36)34(26)45-47(39,40)41)31-22(35)20(17-14-46-25(28)30-17)32-44-18(24(37)38)13-42-16-4-5-19(29-12-16)43-15-6-10-33(11-7-15)9-3-8-27/h4-7,10-12,14,18,21H,3,8-9,13,27H2,1-2H3,(H4-,28,30,31,35,37,38,39,40,41)/p+1/b32-20-/t18?,21-/m1/s1. The fourth-order valence-corrected chi connectivity index (χ4v) is 5.02. The Morgan fingerprint density at radius 3 is 2.51 bits per heavy atom. The fraction of sp³-hybridized carbons (Fsp3) is 0.346. The lowest BCUT2D eigenvalue weighted by molar-refractivity contribution is -0.697. The van der Waals surface area contributed by atoms with Crippen LogP contribution in [0.4, 0.5) is 5.13 Å². The number of aliphatic carboxylic acids is 1. The number of nitrogens with zero attached hydrogens (tertiary/aromatic N) is 5. The topological polar surface area (TPSA) is 272 Å². The second-order valence-corrected chi connectivity index (χ2v) is 12.2. The molecule has 4 heterocycles. The molecule has 1 aliphatic heterocycles. The number of hydrogen-bond donors (Lipinski definition) is 5. The van der Waals surface area contributed by atoms with Crippen molar-refractivity contribution in [3.63, 3.8) is 0 Å². The summed E-state index contributed by atoms with van der Waals surface area (Å²) in [5.41, 5.74) is 9.13. The molecule has 19 nitrogen and oxygen atoms in total. The summed E-state index contributed by atoms with van der Waals surface area (Å²) in [7, 11) is -5.02. The van der Waals surface area contributed by atoms with Gasteiger partial charge in [-0.3, -0.25) is 14.1 Å². The molecule has 0 bridgehead atoms. The zero-order chi connectivity index (χ0) is 34.4. The second-order valence-electron chi connectivity index (χ2n) is 10.3. The Bertz CT molecular complexity index is 1730. The molecule has 1 unspecified atom stereocenters. The van der Waals surface area contributed by atoms with Crippen LogP contribution in [-0.2, 0) is 40.4 Å². The van der Waals surface area contributed by atoms with Crippen molar-refractivity contribution in [1.82, 2.24) is 20.3 Å². The van der Waals surface area contributed by atoms with E-state index in [-0.39, 0.29) is 22.5 Å². The quantitative estimate of drug-likeness (QED) is 0.0421. The average Bonchev–Trinajstić information content (AvgIpc) is 3.45. The number of hydroxylamine groups is 2. The summed E-state index contributed by atoms with van der Waals surface area (Å²) >= 11 is 0.946. The Labute approximate surface area is 271 Å². The lowest BCUT2D eigenvalue weighted by atomic mass is 9.84. The van der Waals surface area contributed by atoms with Crippen molar-refractivity contribution >= 4 is 50.4 Å². The summed E-state index contributed by atoms with van der Waals surface area (Å²) in [6.07, 6.45) is 4.12. The molecule has 1 fully saturated rings. The van der Waals surface area contributed by atoms with Gasteiger partial charge in [-0.05, 0) is 26.5 Å². The van der Waals surface area contributed by atoms with Crippen molar-refractivity contribution in [1.29, 1.82) is 0 Å². The number of aryl methyl sites for hydroxylation is 1. The molecular formula is C26H31N8O11S2+. The van der Waals surface area contributed by atoms with E-state index in [0.717, 1.165) is 24.3 Å². The number of pyridine rings is 2. The van der Waals surface area contributed by atoms with Crippen LogP contribution in [0.15, 0.2) is 53.4 Å². The third kappa shape index (κ3) is 9.07. The van der Waals surface area contributed by atoms with Crippen LogP contribution in [0.2, 0.25) is 0 Å². The van der Waals surface area contributed by atoms with Crippen molar-refractivity contribution in [3.8, 4) is 17.4 Å². The van der Waals surface area contributed by atoms with Crippen molar-refractivity contribution in [3.05, 3.63) is 53.9 Å². The van der Waals surface area contributed by atoms with Crippen LogP contribution >= 0.6 is 11.3 Å². The van der Waals surface area contributed by atoms with Gasteiger partial charge in [-0.2, -0.15) is 13.5 Å². The number of aromatic nitrogens is 3. The maximum atomic E-state index is 13.2. The highest BCUT2D eigenvalue weighted by molar-refractivity contribution is 7.80. The highest BCUT2D eigenvalue weighted by Crippen LogP contribution is 2.33. The number of oxime groups is 1. The molecule has 1 saturated heterocycles. The van der Waals surface area contributed by atoms with E-state index < -0.39 is 58.2 Å². The number of carbonyl (C=O) groups is 3. The summed E-state index contributed by atoms with van der Waals surface area (Å²) in [6, 6.07) is 5.21. The molecule has 2 amide bonds. The molecule has 2 atom stereocenters. The molecule has 0 saturated carbocycles. The third-order valence-electron chi connectivity index (χ3n) is 6.46. The van der Waals surface area contributed by atoms with Gasteiger partial charge in [0.15, 0.2) is 23.2 Å². The highest BCUT2D eigenvalue weighted by Gasteiger charge is 2.58. The summed E-state index contributed by atoms with van der Waals surface area (Å²) in [6.45, 7) is 3.50. The van der Waals surface area contributed by atoms with Crippen LogP contribution in [-0.4, -0.2) is 87.4 Å². The van der Waals surface area contributed by atoms with Gasteiger partial charge in [0.25, 0.3) is 17.9 Å². The number of carboxylic acid groups (broad SMARTS) is 1. The molecule has 0 spiro atoms. The third-order valence-corrected chi connectivity index (χ3v) is 7.47. The molecule has 7 N–H and O–H groups in total. The Morgan fingerprint density at radius 2 is 1.96 bits per heavy atom. The number of carboxylic acids is 1. The van der Waals surface area contributed by atoms with Gasteiger partial charge in [-0.25, -0.2) is 19.3 Å². The summed E-state index contributed by atoms with van der Waals surface area (Å²) in [4.78, 5) is 50.8. The van der Waals surface area contributed by atoms with Gasteiger partial charge in [0, 0.05) is 30.0 Å². The Morgan fingerprint density at radius 1 is 1.23 bits per heavy atom. The van der Waals surface area contributed by atoms with E-state index >= 15 is 0 Å². The minimum Gasteiger partial charge on any atom is -0.487 e. The van der Waals surface area contributed by atoms with Crippen molar-refractivity contribution in [2.24, 2.45) is 10.9 Å². The lowest BCUT2D eigenvalue weighted by Gasteiger charge is -2.50. The molecule has 3 aromatic rings. The van der Waals surface area contributed by atoms with Gasteiger partial charge < -0.3 is 36.2 Å². The van der Waals surface area contributed by atoms with Crippen molar-refractivity contribution < 1.29 is 55.6 Å². The Kier molecular flexibility index (Phi) is 10.9. The highest BCUT2D eigenvalue weighted by atomic mass is 32.3. The number of nitrogens with one attached hydrogen (secondary N) is 1. The number of hydrogen-bond acceptors (Lipinski definition) is 15. The Balaban J connectivity index is 1.40. The maximum Gasteiger partial charge on any atom is 0.418 e. The van der Waals surface area contributed by atoms with Crippen LogP contribution in [0, 0.1) is 0 Å². The normalized spacial score (nSPS) is 16.6. The van der Waals surface area contributed by atoms with E-state index in [9.17, 15) is 27.9 Å². The van der Waals surface area contributed by atoms with Gasteiger partial charge in [0.05, 0.1) is 11.7 Å². The monoisotopic (exact) mass is 695 g/mol. The van der Waals surface area contributed by atoms with Crippen molar-refractivity contribution in [2.75, 3.05) is 18.9 Å². The zero-order valence-electron chi connectivity index (χ0n) is 24.9. The largest absolute Gasteiger partial charge is 0.487 e. The van der Waals surface area contributed by atoms with Crippen LogP contribution in [0.5, 0.6) is 17.4 Å². The van der Waals surface area contributed by atoms with E-state index in [1.54, 1.807) is 12.1 Å². The average molecular weight is 696 g/mol. The minimum atomic E-state index is -5.02. The number of rotatable bonds is 16. The summed E-state index contributed by atoms with van der Waals surface area (Å²) < 4.78 is 48.5. The summed E-state index contributed by atoms with van der Waals surface area (Å²) in [5, 5.41) is 17.5. The van der Waals surface area contributed by atoms with E-state index in [1.807, 2.05) is 17.0 Å². The molecule has 0 aromatic carbocycles. The van der Waals surface area contributed by atoms with Gasteiger partial charge in [-0.1, -0.05) is 5.16 Å². The molecule has 3 aromatic heterocycles. The number of anilines is 1. The maximum absolute atomic E-state index is 13.2. The van der Waals surface area contributed by atoms with Gasteiger partial charge in [-0.15, -0.1) is 15.6 Å². The van der Waals surface area contributed by atoms with Crippen molar-refractivity contribution in [2.45, 2.75) is 44.5 Å². The fourth-order valence-electron chi connectivity index (χ4n) is 4.02. The number of nitrogens with two attached hydrogens (primary N) is 2. The predicted octanol–water partition coefficient (Wildman–Crippen LogP) is -0.358. The number of ether oxygens (including phenoxy) is 2. The number of carbonyl (C=O) groups excluding carboxylic acids is 2. The number of thiazole rings is 1. The molecule has 4 rings (SSSR count). The number of nitrogen functional groups attached to an aromatic ring is 1. The predicted molar refractivity (Wildman–Crippen MR) is 161 cm³/mol. The molecule has 21 heteroatoms. The van der Waals surface area contributed by atoms with Crippen LogP contribution < -0.4 is 30.8 Å². The van der Waals surface area contributed by atoms with Gasteiger partial charge in [0.1, 0.15) is 36.4 Å². The molecule has 0 aliphatic carbocycles. The SMILES string of the molecule is CC1(C)[C@H](NC(=O)/C(=N\OC(COc2ccc(Oc3cc[n+](CCCN)cc3)nc2)C(=O)O)c2csc(N)n2)C(=O)N1OS(=O)(=O)O. The smallest absolute Gasteiger partial charge is 0.418 e. The minimum absolute atomic E-state index is 0.0461. The molecule has 47 heavy (non-hydrogen) atoms. The van der Waals surface area contributed by atoms with E-state index in [0.29, 0.717) is 17.4 Å². The Hall–Kier alpha value is -4.96. The van der Waals surface area contributed by atoms with Crippen LogP contribution in [0.1, 0.15) is 26.0 Å². The van der Waals surface area contributed by atoms with Crippen LogP contribution in [0.3, 0.4) is 0 Å². The first-order valence-corrected chi connectivity index (χ1v) is 15.9. The summed E-state index contributed by atoms with van der Waals surface area (Å²) in [5.74, 6) is -2.55. The first-order chi connectivity index (χ1) is 22.2. The molecular weight excluding hydrogens is 664 g/mol.